The molecule has 0 aromatic heterocycles. The number of fused-ring (bicyclic) bond motifs is 1. The first kappa shape index (κ1) is 19.6. The summed E-state index contributed by atoms with van der Waals surface area (Å²) in [5.41, 5.74) is -0.144. The third-order valence-corrected chi connectivity index (χ3v) is 5.47. The van der Waals surface area contributed by atoms with Crippen LogP contribution in [-0.2, 0) is 6.18 Å². The van der Waals surface area contributed by atoms with Crippen molar-refractivity contribution < 1.29 is 23.1 Å². The summed E-state index contributed by atoms with van der Waals surface area (Å²) >= 11 is 1.72. The standard InChI is InChI=1S/C19H19F3N2O2S/c20-19(21,22)14-7-3-1-5-12(14)16(25)11-23-18(26)24-15-9-10-27-17-8-4-2-6-13(15)17/h1-8,15-16,25H,9-11H2,(H2,23,24,26). The van der Waals surface area contributed by atoms with Gasteiger partial charge in [0.05, 0.1) is 17.7 Å². The van der Waals surface area contributed by atoms with Crippen LogP contribution in [0.1, 0.15) is 35.3 Å². The van der Waals surface area contributed by atoms with Crippen molar-refractivity contribution in [1.82, 2.24) is 10.6 Å². The van der Waals surface area contributed by atoms with Gasteiger partial charge in [-0.3, -0.25) is 0 Å². The number of urea groups is 1. The van der Waals surface area contributed by atoms with Crippen LogP contribution in [0.4, 0.5) is 18.0 Å². The number of alkyl halides is 3. The Morgan fingerprint density at radius 2 is 1.89 bits per heavy atom. The predicted octanol–water partition coefficient (Wildman–Crippen LogP) is 4.28. The van der Waals surface area contributed by atoms with Crippen molar-refractivity contribution in [2.45, 2.75) is 29.6 Å². The highest BCUT2D eigenvalue weighted by molar-refractivity contribution is 7.99. The molecule has 144 valence electrons. The van der Waals surface area contributed by atoms with Crippen molar-refractivity contribution >= 4 is 17.8 Å². The minimum atomic E-state index is -4.57. The number of benzene rings is 2. The normalized spacial score (nSPS) is 17.7. The first-order chi connectivity index (χ1) is 12.9. The van der Waals surface area contributed by atoms with E-state index < -0.39 is 23.9 Å². The highest BCUT2D eigenvalue weighted by Gasteiger charge is 2.34. The number of aliphatic hydroxyl groups excluding tert-OH is 1. The Hall–Kier alpha value is -2.19. The molecular weight excluding hydrogens is 377 g/mol. The van der Waals surface area contributed by atoms with Gasteiger partial charge in [-0.15, -0.1) is 11.8 Å². The van der Waals surface area contributed by atoms with Crippen LogP contribution < -0.4 is 10.6 Å². The lowest BCUT2D eigenvalue weighted by molar-refractivity contribution is -0.139. The Bertz CT molecular complexity index is 814. The second-order valence-electron chi connectivity index (χ2n) is 6.18. The van der Waals surface area contributed by atoms with Crippen molar-refractivity contribution in [3.8, 4) is 0 Å². The minimum Gasteiger partial charge on any atom is -0.387 e. The summed E-state index contributed by atoms with van der Waals surface area (Å²) in [5, 5.41) is 15.4. The largest absolute Gasteiger partial charge is 0.416 e. The Morgan fingerprint density at radius 1 is 1.19 bits per heavy atom. The molecule has 0 saturated heterocycles. The molecule has 1 aliphatic rings. The quantitative estimate of drug-likeness (QED) is 0.723. The number of aliphatic hydroxyl groups is 1. The second-order valence-corrected chi connectivity index (χ2v) is 7.32. The zero-order valence-electron chi connectivity index (χ0n) is 14.3. The van der Waals surface area contributed by atoms with E-state index in [0.717, 1.165) is 28.7 Å². The molecule has 0 fully saturated rings. The molecule has 3 N–H and O–H groups in total. The molecule has 2 amide bonds. The molecule has 2 atom stereocenters. The molecular formula is C19H19F3N2O2S. The van der Waals surface area contributed by atoms with E-state index in [0.29, 0.717) is 0 Å². The predicted molar refractivity (Wildman–Crippen MR) is 97.5 cm³/mol. The van der Waals surface area contributed by atoms with Crippen LogP contribution >= 0.6 is 11.8 Å². The third-order valence-electron chi connectivity index (χ3n) is 4.35. The number of halogens is 3. The third kappa shape index (κ3) is 4.75. The van der Waals surface area contributed by atoms with Gasteiger partial charge in [0.15, 0.2) is 0 Å². The molecule has 0 spiro atoms. The molecule has 3 rings (SSSR count). The maximum absolute atomic E-state index is 13.0. The zero-order chi connectivity index (χ0) is 19.4. The average Bonchev–Trinajstić information content (AvgIpc) is 2.66. The minimum absolute atomic E-state index is 0.165. The Kier molecular flexibility index (Phi) is 5.96. The molecule has 0 saturated carbocycles. The van der Waals surface area contributed by atoms with Gasteiger partial charge in [0, 0.05) is 17.2 Å². The van der Waals surface area contributed by atoms with Crippen LogP contribution in [0.2, 0.25) is 0 Å². The van der Waals surface area contributed by atoms with E-state index in [-0.39, 0.29) is 18.2 Å². The highest BCUT2D eigenvalue weighted by atomic mass is 32.2. The van der Waals surface area contributed by atoms with Gasteiger partial charge in [-0.05, 0) is 29.7 Å². The molecule has 0 bridgehead atoms. The molecule has 4 nitrogen and oxygen atoms in total. The van der Waals surface area contributed by atoms with E-state index in [9.17, 15) is 23.1 Å². The number of hydrogen-bond donors (Lipinski definition) is 3. The maximum Gasteiger partial charge on any atom is 0.416 e. The van der Waals surface area contributed by atoms with Crippen LogP contribution in [0.15, 0.2) is 53.4 Å². The summed E-state index contributed by atoms with van der Waals surface area (Å²) in [5.74, 6) is 0.865. The van der Waals surface area contributed by atoms with Gasteiger partial charge in [-0.25, -0.2) is 4.79 Å². The first-order valence-electron chi connectivity index (χ1n) is 8.46. The van der Waals surface area contributed by atoms with Gasteiger partial charge in [0.1, 0.15) is 0 Å². The van der Waals surface area contributed by atoms with Crippen molar-refractivity contribution in [2.24, 2.45) is 0 Å². The van der Waals surface area contributed by atoms with Crippen LogP contribution in [0, 0.1) is 0 Å². The number of carbonyl (C=O) groups is 1. The van der Waals surface area contributed by atoms with Crippen LogP contribution in [-0.4, -0.2) is 23.4 Å². The summed E-state index contributed by atoms with van der Waals surface area (Å²) in [6.07, 6.45) is -5.26. The molecule has 0 radical (unpaired) electrons. The molecule has 2 aromatic rings. The van der Waals surface area contributed by atoms with Crippen molar-refractivity contribution in [2.75, 3.05) is 12.3 Å². The first-order valence-corrected chi connectivity index (χ1v) is 9.45. The summed E-state index contributed by atoms with van der Waals surface area (Å²) < 4.78 is 39.1. The number of amides is 2. The van der Waals surface area contributed by atoms with Gasteiger partial charge in [-0.2, -0.15) is 13.2 Å². The fourth-order valence-corrected chi connectivity index (χ4v) is 4.17. The molecule has 0 aliphatic carbocycles. The lowest BCUT2D eigenvalue weighted by Gasteiger charge is -2.26. The number of carbonyl (C=O) groups excluding carboxylic acids is 1. The number of nitrogens with one attached hydrogen (secondary N) is 2. The fraction of sp³-hybridized carbons (Fsp3) is 0.316. The van der Waals surface area contributed by atoms with E-state index in [4.69, 9.17) is 0 Å². The SMILES string of the molecule is O=C(NCC(O)c1ccccc1C(F)(F)F)NC1CCSc2ccccc21. The Labute approximate surface area is 159 Å². The summed E-state index contributed by atoms with van der Waals surface area (Å²) in [6.45, 7) is -0.317. The van der Waals surface area contributed by atoms with Crippen LogP contribution in [0.5, 0.6) is 0 Å². The van der Waals surface area contributed by atoms with E-state index in [2.05, 4.69) is 10.6 Å². The van der Waals surface area contributed by atoms with E-state index in [1.165, 1.54) is 18.2 Å². The van der Waals surface area contributed by atoms with Gasteiger partial charge in [0.2, 0.25) is 0 Å². The summed E-state index contributed by atoms with van der Waals surface area (Å²) in [6, 6.07) is 11.9. The second kappa shape index (κ2) is 8.22. The van der Waals surface area contributed by atoms with E-state index in [1.54, 1.807) is 11.8 Å². The monoisotopic (exact) mass is 396 g/mol. The highest BCUT2D eigenvalue weighted by Crippen LogP contribution is 2.36. The lowest BCUT2D eigenvalue weighted by Crippen LogP contribution is -2.40. The number of hydrogen-bond acceptors (Lipinski definition) is 3. The van der Waals surface area contributed by atoms with Gasteiger partial charge in [-0.1, -0.05) is 36.4 Å². The molecule has 27 heavy (non-hydrogen) atoms. The van der Waals surface area contributed by atoms with Crippen molar-refractivity contribution in [3.05, 3.63) is 65.2 Å². The van der Waals surface area contributed by atoms with Crippen molar-refractivity contribution in [1.29, 1.82) is 0 Å². The van der Waals surface area contributed by atoms with Gasteiger partial charge in [0.25, 0.3) is 0 Å². The molecule has 1 aliphatic heterocycles. The molecule has 2 unspecified atom stereocenters. The molecule has 8 heteroatoms. The fourth-order valence-electron chi connectivity index (χ4n) is 3.05. The summed E-state index contributed by atoms with van der Waals surface area (Å²) in [4.78, 5) is 13.3. The Morgan fingerprint density at radius 3 is 2.67 bits per heavy atom. The van der Waals surface area contributed by atoms with Crippen molar-refractivity contribution in [3.63, 3.8) is 0 Å². The maximum atomic E-state index is 13.0. The average molecular weight is 396 g/mol. The van der Waals surface area contributed by atoms with E-state index in [1.807, 2.05) is 24.3 Å². The van der Waals surface area contributed by atoms with Crippen LogP contribution in [0.25, 0.3) is 0 Å². The molecule has 2 aromatic carbocycles. The van der Waals surface area contributed by atoms with Crippen LogP contribution in [0.3, 0.4) is 0 Å². The number of thioether (sulfide) groups is 1. The van der Waals surface area contributed by atoms with E-state index >= 15 is 0 Å². The lowest BCUT2D eigenvalue weighted by atomic mass is 10.0. The summed E-state index contributed by atoms with van der Waals surface area (Å²) in [7, 11) is 0. The molecule has 1 heterocycles. The zero-order valence-corrected chi connectivity index (χ0v) is 15.1. The number of rotatable bonds is 4. The topological polar surface area (TPSA) is 61.4 Å². The Balaban J connectivity index is 1.61. The van der Waals surface area contributed by atoms with Gasteiger partial charge >= 0.3 is 12.2 Å². The van der Waals surface area contributed by atoms with Gasteiger partial charge < -0.3 is 15.7 Å². The smallest absolute Gasteiger partial charge is 0.387 e.